The SMILES string of the molecule is O=C(O)/C(=C/c1cc([N+](=O)[O-])ccc1Cl)c1ccc(Cl)cc1. The lowest BCUT2D eigenvalue weighted by atomic mass is 10.0. The average Bonchev–Trinajstić information content (AvgIpc) is 2.47. The molecule has 0 amide bonds. The van der Waals surface area contributed by atoms with E-state index in [0.717, 1.165) is 0 Å². The van der Waals surface area contributed by atoms with Crippen LogP contribution >= 0.6 is 23.2 Å². The normalized spacial score (nSPS) is 11.3. The second kappa shape index (κ2) is 6.60. The number of carbonyl (C=O) groups is 1. The van der Waals surface area contributed by atoms with E-state index in [4.69, 9.17) is 23.2 Å². The van der Waals surface area contributed by atoms with E-state index in [1.807, 2.05) is 0 Å². The van der Waals surface area contributed by atoms with Crippen LogP contribution in [0.4, 0.5) is 5.69 Å². The molecule has 0 aliphatic heterocycles. The summed E-state index contributed by atoms with van der Waals surface area (Å²) in [4.78, 5) is 21.7. The third kappa shape index (κ3) is 3.63. The fourth-order valence-electron chi connectivity index (χ4n) is 1.81. The van der Waals surface area contributed by atoms with Crippen LogP contribution in [-0.4, -0.2) is 16.0 Å². The summed E-state index contributed by atoms with van der Waals surface area (Å²) in [6.07, 6.45) is 1.29. The summed E-state index contributed by atoms with van der Waals surface area (Å²) in [5.41, 5.74) is 0.457. The molecule has 0 bridgehead atoms. The molecule has 0 fully saturated rings. The van der Waals surface area contributed by atoms with E-state index in [-0.39, 0.29) is 21.8 Å². The fraction of sp³-hybridized carbons (Fsp3) is 0. The number of aliphatic carboxylic acids is 1. The number of hydrogen-bond donors (Lipinski definition) is 1. The first kappa shape index (κ1) is 16.0. The minimum atomic E-state index is -1.18. The molecule has 0 spiro atoms. The number of halogens is 2. The van der Waals surface area contributed by atoms with Gasteiger partial charge in [0.1, 0.15) is 0 Å². The topological polar surface area (TPSA) is 80.4 Å². The van der Waals surface area contributed by atoms with Gasteiger partial charge in [-0.1, -0.05) is 35.3 Å². The molecule has 2 rings (SSSR count). The van der Waals surface area contributed by atoms with Gasteiger partial charge in [0.05, 0.1) is 10.5 Å². The summed E-state index contributed by atoms with van der Waals surface area (Å²) in [5, 5.41) is 20.8. The Bertz CT molecular complexity index is 770. The van der Waals surface area contributed by atoms with Gasteiger partial charge in [-0.25, -0.2) is 4.79 Å². The van der Waals surface area contributed by atoms with Crippen molar-refractivity contribution in [3.8, 4) is 0 Å². The first-order valence-corrected chi connectivity index (χ1v) is 6.79. The summed E-state index contributed by atoms with van der Waals surface area (Å²) in [6.45, 7) is 0. The number of nitrogens with zero attached hydrogens (tertiary/aromatic N) is 1. The lowest BCUT2D eigenvalue weighted by Crippen LogP contribution is -2.00. The number of non-ortho nitro benzene ring substituents is 1. The van der Waals surface area contributed by atoms with Gasteiger partial charge in [0.15, 0.2) is 0 Å². The Kier molecular flexibility index (Phi) is 4.80. The lowest BCUT2D eigenvalue weighted by Gasteiger charge is -2.05. The van der Waals surface area contributed by atoms with Crippen LogP contribution in [0.3, 0.4) is 0 Å². The molecule has 0 aliphatic rings. The van der Waals surface area contributed by atoms with Crippen LogP contribution < -0.4 is 0 Å². The molecule has 0 heterocycles. The largest absolute Gasteiger partial charge is 0.478 e. The van der Waals surface area contributed by atoms with E-state index >= 15 is 0 Å². The first-order valence-electron chi connectivity index (χ1n) is 6.03. The third-order valence-electron chi connectivity index (χ3n) is 2.88. The van der Waals surface area contributed by atoms with Crippen molar-refractivity contribution in [2.75, 3.05) is 0 Å². The molecule has 0 radical (unpaired) electrons. The maximum atomic E-state index is 11.4. The monoisotopic (exact) mass is 337 g/mol. The summed E-state index contributed by atoms with van der Waals surface area (Å²) in [7, 11) is 0. The van der Waals surface area contributed by atoms with Crippen LogP contribution in [0.15, 0.2) is 42.5 Å². The summed E-state index contributed by atoms with van der Waals surface area (Å²) in [6, 6.07) is 10.0. The number of carboxylic acids is 1. The van der Waals surface area contributed by atoms with Gasteiger partial charge < -0.3 is 5.11 Å². The minimum absolute atomic E-state index is 0.0425. The molecule has 22 heavy (non-hydrogen) atoms. The van der Waals surface area contributed by atoms with Crippen molar-refractivity contribution < 1.29 is 14.8 Å². The molecule has 1 N–H and O–H groups in total. The van der Waals surface area contributed by atoms with Crippen molar-refractivity contribution in [3.63, 3.8) is 0 Å². The zero-order valence-corrected chi connectivity index (χ0v) is 12.5. The molecule has 7 heteroatoms. The molecule has 0 aliphatic carbocycles. The van der Waals surface area contributed by atoms with Crippen molar-refractivity contribution in [3.05, 3.63) is 73.8 Å². The summed E-state index contributed by atoms with van der Waals surface area (Å²) in [5.74, 6) is -1.18. The van der Waals surface area contributed by atoms with Crippen LogP contribution in [0.5, 0.6) is 0 Å². The van der Waals surface area contributed by atoms with Crippen LogP contribution in [0.2, 0.25) is 10.0 Å². The predicted molar refractivity (Wildman–Crippen MR) is 85.1 cm³/mol. The van der Waals surface area contributed by atoms with Gasteiger partial charge >= 0.3 is 5.97 Å². The Balaban J connectivity index is 2.55. The molecule has 0 atom stereocenters. The maximum absolute atomic E-state index is 11.4. The Morgan fingerprint density at radius 1 is 1.14 bits per heavy atom. The zero-order valence-electron chi connectivity index (χ0n) is 11.0. The quantitative estimate of drug-likeness (QED) is 0.384. The van der Waals surface area contributed by atoms with Gasteiger partial charge in [0.25, 0.3) is 5.69 Å². The van der Waals surface area contributed by atoms with E-state index in [1.54, 1.807) is 24.3 Å². The third-order valence-corrected chi connectivity index (χ3v) is 3.47. The summed E-state index contributed by atoms with van der Waals surface area (Å²) < 4.78 is 0. The van der Waals surface area contributed by atoms with Crippen LogP contribution in [0, 0.1) is 10.1 Å². The number of benzene rings is 2. The van der Waals surface area contributed by atoms with E-state index in [1.165, 1.54) is 24.3 Å². The first-order chi connectivity index (χ1) is 10.4. The smallest absolute Gasteiger partial charge is 0.336 e. The Hall–Kier alpha value is -2.37. The second-order valence-electron chi connectivity index (χ2n) is 4.33. The molecule has 5 nitrogen and oxygen atoms in total. The molecule has 0 aromatic heterocycles. The number of carboxylic acid groups (broad SMARTS) is 1. The molecule has 2 aromatic rings. The number of rotatable bonds is 4. The van der Waals surface area contributed by atoms with Gasteiger partial charge in [-0.2, -0.15) is 0 Å². The van der Waals surface area contributed by atoms with Crippen molar-refractivity contribution in [1.29, 1.82) is 0 Å². The zero-order chi connectivity index (χ0) is 16.3. The van der Waals surface area contributed by atoms with E-state index in [2.05, 4.69) is 0 Å². The van der Waals surface area contributed by atoms with Crippen LogP contribution in [0.25, 0.3) is 11.6 Å². The molecule has 112 valence electrons. The van der Waals surface area contributed by atoms with Crippen LogP contribution in [0.1, 0.15) is 11.1 Å². The van der Waals surface area contributed by atoms with Gasteiger partial charge in [0.2, 0.25) is 0 Å². The minimum Gasteiger partial charge on any atom is -0.478 e. The predicted octanol–water partition coefficient (Wildman–Crippen LogP) is 4.53. The fourth-order valence-corrected chi connectivity index (χ4v) is 2.11. The molecule has 0 saturated heterocycles. The molecule has 2 aromatic carbocycles. The molecular formula is C15H9Cl2NO4. The standard InChI is InChI=1S/C15H9Cl2NO4/c16-11-3-1-9(2-4-11)13(15(19)20)8-10-7-12(18(21)22)5-6-14(10)17/h1-8H,(H,19,20)/b13-8+. The van der Waals surface area contributed by atoms with Gasteiger partial charge in [0, 0.05) is 27.7 Å². The highest BCUT2D eigenvalue weighted by molar-refractivity contribution is 6.33. The van der Waals surface area contributed by atoms with Crippen LogP contribution in [-0.2, 0) is 4.79 Å². The Morgan fingerprint density at radius 2 is 1.77 bits per heavy atom. The van der Waals surface area contributed by atoms with Crippen molar-refractivity contribution in [2.24, 2.45) is 0 Å². The molecule has 0 saturated carbocycles. The maximum Gasteiger partial charge on any atom is 0.336 e. The number of hydrogen-bond acceptors (Lipinski definition) is 3. The Labute approximate surface area is 135 Å². The van der Waals surface area contributed by atoms with Crippen molar-refractivity contribution in [2.45, 2.75) is 0 Å². The molecular weight excluding hydrogens is 329 g/mol. The Morgan fingerprint density at radius 3 is 2.32 bits per heavy atom. The molecule has 0 unspecified atom stereocenters. The highest BCUT2D eigenvalue weighted by Crippen LogP contribution is 2.27. The lowest BCUT2D eigenvalue weighted by molar-refractivity contribution is -0.384. The van der Waals surface area contributed by atoms with E-state index in [0.29, 0.717) is 10.6 Å². The van der Waals surface area contributed by atoms with Gasteiger partial charge in [-0.3, -0.25) is 10.1 Å². The number of nitro groups is 1. The highest BCUT2D eigenvalue weighted by atomic mass is 35.5. The van der Waals surface area contributed by atoms with Gasteiger partial charge in [-0.05, 0) is 29.8 Å². The summed E-state index contributed by atoms with van der Waals surface area (Å²) >= 11 is 11.8. The average molecular weight is 338 g/mol. The van der Waals surface area contributed by atoms with E-state index < -0.39 is 10.9 Å². The second-order valence-corrected chi connectivity index (χ2v) is 5.18. The van der Waals surface area contributed by atoms with E-state index in [9.17, 15) is 20.0 Å². The highest BCUT2D eigenvalue weighted by Gasteiger charge is 2.14. The van der Waals surface area contributed by atoms with Crippen molar-refractivity contribution >= 4 is 46.5 Å². The number of nitro benzene ring substituents is 1. The van der Waals surface area contributed by atoms with Gasteiger partial charge in [-0.15, -0.1) is 0 Å². The van der Waals surface area contributed by atoms with Crippen molar-refractivity contribution in [1.82, 2.24) is 0 Å².